The van der Waals surface area contributed by atoms with Gasteiger partial charge in [-0.15, -0.1) is 0 Å². The molecule has 8 heavy (non-hydrogen) atoms. The van der Waals surface area contributed by atoms with Crippen molar-refractivity contribution in [1.29, 1.82) is 0 Å². The zero-order chi connectivity index (χ0) is 6.41. The number of hydrogen-bond acceptors (Lipinski definition) is 2. The average molecular weight is 114 g/mol. The van der Waals surface area contributed by atoms with E-state index in [4.69, 9.17) is 0 Å². The van der Waals surface area contributed by atoms with Crippen molar-refractivity contribution in [3.63, 3.8) is 0 Å². The van der Waals surface area contributed by atoms with Gasteiger partial charge in [0.15, 0.2) is 0 Å². The summed E-state index contributed by atoms with van der Waals surface area (Å²) in [7, 11) is 0. The van der Waals surface area contributed by atoms with Crippen LogP contribution in [0.5, 0.6) is 0 Å². The third-order valence-corrected chi connectivity index (χ3v) is 0.802. The Morgan fingerprint density at radius 1 is 1.25 bits per heavy atom. The first kappa shape index (κ1) is 7.34. The highest BCUT2D eigenvalue weighted by Crippen LogP contribution is 1.80. The van der Waals surface area contributed by atoms with Gasteiger partial charge in [0.25, 0.3) is 0 Å². The fourth-order valence-corrected chi connectivity index (χ4v) is 0.489. The minimum absolute atomic E-state index is 0.954. The van der Waals surface area contributed by atoms with Crippen LogP contribution in [0.3, 0.4) is 0 Å². The van der Waals surface area contributed by atoms with Crippen LogP contribution in [0.1, 0.15) is 13.8 Å². The second kappa shape index (κ2) is 4.50. The van der Waals surface area contributed by atoms with E-state index in [0.717, 1.165) is 18.9 Å². The Kier molecular flexibility index (Phi) is 4.13. The molecule has 1 rings (SSSR count). The smallest absolute Gasteiger partial charge is 0.0913 e. The van der Waals surface area contributed by atoms with Crippen LogP contribution in [-0.2, 0) is 0 Å². The van der Waals surface area contributed by atoms with Gasteiger partial charge in [-0.25, -0.2) is 0 Å². The largest absolute Gasteiger partial charge is 0.371 e. The fraction of sp³-hybridized carbons (Fsp3) is 0.667. The van der Waals surface area contributed by atoms with E-state index >= 15 is 0 Å². The summed E-state index contributed by atoms with van der Waals surface area (Å²) >= 11 is 0. The van der Waals surface area contributed by atoms with Crippen molar-refractivity contribution in [3.05, 3.63) is 12.4 Å². The van der Waals surface area contributed by atoms with Gasteiger partial charge in [0, 0.05) is 13.1 Å². The molecular formula is C6H14N2. The van der Waals surface area contributed by atoms with E-state index in [2.05, 4.69) is 17.2 Å². The summed E-state index contributed by atoms with van der Waals surface area (Å²) in [4.78, 5) is 0. The van der Waals surface area contributed by atoms with E-state index < -0.39 is 0 Å². The molecule has 0 aromatic heterocycles. The van der Waals surface area contributed by atoms with Gasteiger partial charge in [-0.2, -0.15) is 0 Å². The molecule has 0 bridgehead atoms. The minimum atomic E-state index is 0.954. The third-order valence-electron chi connectivity index (χ3n) is 0.802. The van der Waals surface area contributed by atoms with Gasteiger partial charge in [-0.3, -0.25) is 0 Å². The predicted octanol–water partition coefficient (Wildman–Crippen LogP) is 0.677. The molecule has 0 amide bonds. The van der Waals surface area contributed by atoms with Crippen molar-refractivity contribution in [2.75, 3.05) is 13.1 Å². The lowest BCUT2D eigenvalue weighted by Crippen LogP contribution is -2.06. The minimum Gasteiger partial charge on any atom is -0.371 e. The van der Waals surface area contributed by atoms with Crippen molar-refractivity contribution in [1.82, 2.24) is 10.6 Å². The van der Waals surface area contributed by atoms with Crippen molar-refractivity contribution in [2.45, 2.75) is 13.8 Å². The van der Waals surface area contributed by atoms with Crippen molar-refractivity contribution in [3.8, 4) is 0 Å². The van der Waals surface area contributed by atoms with Crippen LogP contribution in [0.25, 0.3) is 0 Å². The SMILES string of the molecule is C=C1NCCN1.CC. The Hall–Kier alpha value is -0.660. The van der Waals surface area contributed by atoms with Crippen molar-refractivity contribution < 1.29 is 0 Å². The van der Waals surface area contributed by atoms with Crippen LogP contribution in [0, 0.1) is 0 Å². The molecule has 0 saturated carbocycles. The molecule has 0 aromatic rings. The molecule has 2 heteroatoms. The molecule has 1 aliphatic heterocycles. The quantitative estimate of drug-likeness (QED) is 0.484. The highest BCUT2D eigenvalue weighted by Gasteiger charge is 1.96. The van der Waals surface area contributed by atoms with Crippen LogP contribution in [0.15, 0.2) is 12.4 Å². The van der Waals surface area contributed by atoms with E-state index in [1.54, 1.807) is 0 Å². The maximum absolute atomic E-state index is 3.63. The first-order chi connectivity index (χ1) is 3.89. The van der Waals surface area contributed by atoms with Gasteiger partial charge in [-0.1, -0.05) is 20.4 Å². The van der Waals surface area contributed by atoms with Crippen LogP contribution in [0.2, 0.25) is 0 Å². The maximum atomic E-state index is 3.63. The molecule has 0 radical (unpaired) electrons. The molecular weight excluding hydrogens is 100 g/mol. The molecule has 1 heterocycles. The number of rotatable bonds is 0. The van der Waals surface area contributed by atoms with E-state index in [1.165, 1.54) is 0 Å². The topological polar surface area (TPSA) is 24.1 Å². The Labute approximate surface area is 51.0 Å². The highest BCUT2D eigenvalue weighted by atomic mass is 15.1. The fourth-order valence-electron chi connectivity index (χ4n) is 0.489. The average Bonchev–Trinajstić information content (AvgIpc) is 2.24. The van der Waals surface area contributed by atoms with E-state index in [9.17, 15) is 0 Å². The Morgan fingerprint density at radius 2 is 1.62 bits per heavy atom. The summed E-state index contributed by atoms with van der Waals surface area (Å²) in [6.45, 7) is 9.69. The summed E-state index contributed by atoms with van der Waals surface area (Å²) in [6, 6.07) is 0. The first-order valence-corrected chi connectivity index (χ1v) is 3.06. The third kappa shape index (κ3) is 2.50. The second-order valence-corrected chi connectivity index (χ2v) is 1.33. The molecule has 1 saturated heterocycles. The molecule has 2 nitrogen and oxygen atoms in total. The summed E-state index contributed by atoms with van der Waals surface area (Å²) in [5.74, 6) is 0.954. The highest BCUT2D eigenvalue weighted by molar-refractivity contribution is 4.93. The molecule has 2 N–H and O–H groups in total. The lowest BCUT2D eigenvalue weighted by Gasteiger charge is -1.89. The van der Waals surface area contributed by atoms with Gasteiger partial charge >= 0.3 is 0 Å². The van der Waals surface area contributed by atoms with Gasteiger partial charge in [0.05, 0.1) is 5.82 Å². The van der Waals surface area contributed by atoms with E-state index in [-0.39, 0.29) is 0 Å². The normalized spacial score (nSPS) is 15.5. The molecule has 0 aromatic carbocycles. The molecule has 48 valence electrons. The van der Waals surface area contributed by atoms with Crippen molar-refractivity contribution >= 4 is 0 Å². The molecule has 0 spiro atoms. The standard InChI is InChI=1S/C4H8N2.C2H6/c1-4-5-2-3-6-4;1-2/h5-6H,1-3H2;1-2H3. The molecule has 1 aliphatic rings. The van der Waals surface area contributed by atoms with Crippen LogP contribution in [-0.4, -0.2) is 13.1 Å². The number of nitrogens with one attached hydrogen (secondary N) is 2. The van der Waals surface area contributed by atoms with Crippen LogP contribution in [0.4, 0.5) is 0 Å². The van der Waals surface area contributed by atoms with Gasteiger partial charge in [0.2, 0.25) is 0 Å². The monoisotopic (exact) mass is 114 g/mol. The first-order valence-electron chi connectivity index (χ1n) is 3.06. The number of hydrogen-bond donors (Lipinski definition) is 2. The lowest BCUT2D eigenvalue weighted by atomic mass is 10.7. The van der Waals surface area contributed by atoms with Gasteiger partial charge in [0.1, 0.15) is 0 Å². The predicted molar refractivity (Wildman–Crippen MR) is 36.5 cm³/mol. The molecule has 1 fully saturated rings. The van der Waals surface area contributed by atoms with E-state index in [1.807, 2.05) is 13.8 Å². The van der Waals surface area contributed by atoms with Crippen LogP contribution >= 0.6 is 0 Å². The summed E-state index contributed by atoms with van der Waals surface area (Å²) in [5, 5.41) is 6.03. The van der Waals surface area contributed by atoms with Crippen LogP contribution < -0.4 is 10.6 Å². The zero-order valence-corrected chi connectivity index (χ0v) is 5.62. The lowest BCUT2D eigenvalue weighted by molar-refractivity contribution is 0.942. The summed E-state index contributed by atoms with van der Waals surface area (Å²) < 4.78 is 0. The van der Waals surface area contributed by atoms with E-state index in [0.29, 0.717) is 0 Å². The molecule has 0 unspecified atom stereocenters. The summed E-state index contributed by atoms with van der Waals surface area (Å²) in [5.41, 5.74) is 0. The second-order valence-electron chi connectivity index (χ2n) is 1.33. The Bertz CT molecular complexity index is 60.9. The summed E-state index contributed by atoms with van der Waals surface area (Å²) in [6.07, 6.45) is 0. The Morgan fingerprint density at radius 3 is 1.75 bits per heavy atom. The van der Waals surface area contributed by atoms with Gasteiger partial charge < -0.3 is 10.6 Å². The van der Waals surface area contributed by atoms with Crippen molar-refractivity contribution in [2.24, 2.45) is 0 Å². The molecule has 0 atom stereocenters. The zero-order valence-electron chi connectivity index (χ0n) is 5.62. The van der Waals surface area contributed by atoms with Gasteiger partial charge in [-0.05, 0) is 0 Å². The maximum Gasteiger partial charge on any atom is 0.0913 e. The molecule has 0 aliphatic carbocycles. The Balaban J connectivity index is 0.000000222.